The average molecular weight is 243 g/mol. The Bertz CT molecular complexity index is 643. The van der Waals surface area contributed by atoms with Crippen molar-refractivity contribution >= 4 is 11.0 Å². The third-order valence-electron chi connectivity index (χ3n) is 2.89. The van der Waals surface area contributed by atoms with Gasteiger partial charge in [-0.3, -0.25) is 0 Å². The average Bonchev–Trinajstić information content (AvgIpc) is 2.98. The highest BCUT2D eigenvalue weighted by molar-refractivity contribution is 5.82. The van der Waals surface area contributed by atoms with Crippen LogP contribution in [0.5, 0.6) is 0 Å². The molecule has 18 heavy (non-hydrogen) atoms. The fourth-order valence-electron chi connectivity index (χ4n) is 2.01. The fourth-order valence-corrected chi connectivity index (χ4v) is 2.01. The molecule has 5 nitrogen and oxygen atoms in total. The maximum Gasteiger partial charge on any atom is 0.213 e. The zero-order valence-electron chi connectivity index (χ0n) is 10.0. The molecule has 5 heteroatoms. The van der Waals surface area contributed by atoms with Crippen molar-refractivity contribution in [3.05, 3.63) is 47.8 Å². The third-order valence-corrected chi connectivity index (χ3v) is 2.89. The lowest BCUT2D eigenvalue weighted by Gasteiger charge is -2.01. The molecule has 0 bridgehead atoms. The first-order valence-electron chi connectivity index (χ1n) is 5.77. The predicted octanol–water partition coefficient (Wildman–Crippen LogP) is 2.41. The first-order valence-corrected chi connectivity index (χ1v) is 5.77. The Morgan fingerprint density at radius 2 is 2.11 bits per heavy atom. The van der Waals surface area contributed by atoms with E-state index < -0.39 is 0 Å². The molecule has 0 unspecified atom stereocenters. The van der Waals surface area contributed by atoms with E-state index in [2.05, 4.69) is 26.0 Å². The number of aromatic nitrogens is 2. The Balaban J connectivity index is 1.76. The van der Waals surface area contributed by atoms with E-state index in [0.29, 0.717) is 12.4 Å². The van der Waals surface area contributed by atoms with Crippen LogP contribution in [0.4, 0.5) is 0 Å². The molecule has 2 aromatic heterocycles. The van der Waals surface area contributed by atoms with Crippen LogP contribution in [0.25, 0.3) is 11.0 Å². The summed E-state index contributed by atoms with van der Waals surface area (Å²) in [7, 11) is 0. The smallest absolute Gasteiger partial charge is 0.213 e. The Kier molecular flexibility index (Phi) is 2.82. The van der Waals surface area contributed by atoms with Crippen molar-refractivity contribution in [1.82, 2.24) is 15.5 Å². The molecule has 92 valence electrons. The Morgan fingerprint density at radius 3 is 2.94 bits per heavy atom. The summed E-state index contributed by atoms with van der Waals surface area (Å²) in [6.45, 7) is 3.28. The van der Waals surface area contributed by atoms with Gasteiger partial charge in [0.2, 0.25) is 6.39 Å². The molecule has 0 amide bonds. The number of hydrogen-bond donors (Lipinski definition) is 1. The molecule has 0 aliphatic carbocycles. The number of nitrogens with one attached hydrogen (secondary N) is 1. The van der Waals surface area contributed by atoms with Gasteiger partial charge in [0.25, 0.3) is 0 Å². The minimum absolute atomic E-state index is 0.579. The summed E-state index contributed by atoms with van der Waals surface area (Å²) >= 11 is 0. The lowest BCUT2D eigenvalue weighted by atomic mass is 10.1. The van der Waals surface area contributed by atoms with Gasteiger partial charge in [-0.05, 0) is 13.0 Å². The molecule has 0 radical (unpaired) electrons. The minimum Gasteiger partial charge on any atom is -0.461 e. The SMILES string of the molecule is Cc1oc2ccccc2c1CNCc1ncon1. The topological polar surface area (TPSA) is 64.1 Å². The minimum atomic E-state index is 0.579. The van der Waals surface area contributed by atoms with Crippen LogP contribution in [0.1, 0.15) is 17.1 Å². The van der Waals surface area contributed by atoms with E-state index in [1.54, 1.807) is 0 Å². The van der Waals surface area contributed by atoms with E-state index in [9.17, 15) is 0 Å². The van der Waals surface area contributed by atoms with Crippen molar-refractivity contribution in [3.8, 4) is 0 Å². The van der Waals surface area contributed by atoms with Crippen molar-refractivity contribution in [2.24, 2.45) is 0 Å². The van der Waals surface area contributed by atoms with Crippen LogP contribution in [0.3, 0.4) is 0 Å². The van der Waals surface area contributed by atoms with E-state index in [4.69, 9.17) is 4.42 Å². The maximum atomic E-state index is 5.70. The molecule has 0 saturated carbocycles. The summed E-state index contributed by atoms with van der Waals surface area (Å²) in [5.74, 6) is 1.59. The van der Waals surface area contributed by atoms with Crippen molar-refractivity contribution in [2.45, 2.75) is 20.0 Å². The number of para-hydroxylation sites is 1. The summed E-state index contributed by atoms with van der Waals surface area (Å²) in [5, 5.41) is 8.17. The predicted molar refractivity (Wildman–Crippen MR) is 65.8 cm³/mol. The molecule has 1 N–H and O–H groups in total. The van der Waals surface area contributed by atoms with Gasteiger partial charge < -0.3 is 14.3 Å². The van der Waals surface area contributed by atoms with Crippen LogP contribution in [-0.2, 0) is 13.1 Å². The molecule has 0 aliphatic rings. The standard InChI is InChI=1S/C13H13N3O2/c1-9-11(6-14-7-13-15-8-17-16-13)10-4-2-3-5-12(10)18-9/h2-5,8,14H,6-7H2,1H3. The number of aryl methyl sites for hydroxylation is 1. The first-order chi connectivity index (χ1) is 8.84. The first kappa shape index (κ1) is 11.0. The zero-order valence-corrected chi connectivity index (χ0v) is 10.0. The van der Waals surface area contributed by atoms with Gasteiger partial charge in [-0.2, -0.15) is 4.98 Å². The van der Waals surface area contributed by atoms with Gasteiger partial charge in [-0.1, -0.05) is 23.4 Å². The molecular weight excluding hydrogens is 230 g/mol. The van der Waals surface area contributed by atoms with Gasteiger partial charge in [-0.15, -0.1) is 0 Å². The van der Waals surface area contributed by atoms with Gasteiger partial charge in [0.05, 0.1) is 6.54 Å². The highest BCUT2D eigenvalue weighted by Gasteiger charge is 2.09. The summed E-state index contributed by atoms with van der Waals surface area (Å²) < 4.78 is 10.4. The number of fused-ring (bicyclic) bond motifs is 1. The third kappa shape index (κ3) is 2.00. The molecule has 3 rings (SSSR count). The van der Waals surface area contributed by atoms with E-state index >= 15 is 0 Å². The highest BCUT2D eigenvalue weighted by Crippen LogP contribution is 2.24. The molecule has 2 heterocycles. The molecule has 0 fully saturated rings. The number of nitrogens with zero attached hydrogens (tertiary/aromatic N) is 2. The quantitative estimate of drug-likeness (QED) is 0.762. The number of benzene rings is 1. The van der Waals surface area contributed by atoms with E-state index in [1.807, 2.05) is 25.1 Å². The number of furan rings is 1. The van der Waals surface area contributed by atoms with Crippen LogP contribution < -0.4 is 5.32 Å². The van der Waals surface area contributed by atoms with E-state index in [-0.39, 0.29) is 0 Å². The van der Waals surface area contributed by atoms with Crippen LogP contribution in [0.15, 0.2) is 39.6 Å². The lowest BCUT2D eigenvalue weighted by molar-refractivity contribution is 0.407. The van der Waals surface area contributed by atoms with Crippen molar-refractivity contribution in [2.75, 3.05) is 0 Å². The van der Waals surface area contributed by atoms with Crippen molar-refractivity contribution < 1.29 is 8.94 Å². The van der Waals surface area contributed by atoms with E-state index in [1.165, 1.54) is 12.0 Å². The molecule has 0 aliphatic heterocycles. The Labute approximate surface area is 104 Å². The second-order valence-corrected chi connectivity index (χ2v) is 4.08. The van der Waals surface area contributed by atoms with Crippen LogP contribution >= 0.6 is 0 Å². The summed E-state index contributed by atoms with van der Waals surface area (Å²) in [4.78, 5) is 3.96. The van der Waals surface area contributed by atoms with Crippen molar-refractivity contribution in [1.29, 1.82) is 0 Å². The summed E-state index contributed by atoms with van der Waals surface area (Å²) in [6, 6.07) is 8.03. The van der Waals surface area contributed by atoms with Gasteiger partial charge in [0.15, 0.2) is 5.82 Å². The zero-order chi connectivity index (χ0) is 12.4. The largest absolute Gasteiger partial charge is 0.461 e. The summed E-state index contributed by atoms with van der Waals surface area (Å²) in [6.07, 6.45) is 1.33. The lowest BCUT2D eigenvalue weighted by Crippen LogP contribution is -2.13. The number of rotatable bonds is 4. The molecule has 0 atom stereocenters. The highest BCUT2D eigenvalue weighted by atomic mass is 16.5. The van der Waals surface area contributed by atoms with Gasteiger partial charge >= 0.3 is 0 Å². The summed E-state index contributed by atoms with van der Waals surface area (Å²) in [5.41, 5.74) is 2.10. The maximum absolute atomic E-state index is 5.70. The molecular formula is C13H13N3O2. The van der Waals surface area contributed by atoms with Gasteiger partial charge in [0, 0.05) is 17.5 Å². The number of hydrogen-bond acceptors (Lipinski definition) is 5. The van der Waals surface area contributed by atoms with Gasteiger partial charge in [-0.25, -0.2) is 0 Å². The fraction of sp³-hybridized carbons (Fsp3) is 0.231. The monoisotopic (exact) mass is 243 g/mol. The second kappa shape index (κ2) is 4.62. The normalized spacial score (nSPS) is 11.2. The van der Waals surface area contributed by atoms with Crippen molar-refractivity contribution in [3.63, 3.8) is 0 Å². The molecule has 1 aromatic carbocycles. The van der Waals surface area contributed by atoms with Crippen LogP contribution in [0, 0.1) is 6.92 Å². The molecule has 3 aromatic rings. The second-order valence-electron chi connectivity index (χ2n) is 4.08. The Hall–Kier alpha value is -2.14. The van der Waals surface area contributed by atoms with Crippen LogP contribution in [0.2, 0.25) is 0 Å². The van der Waals surface area contributed by atoms with Gasteiger partial charge in [0.1, 0.15) is 11.3 Å². The molecule has 0 saturated heterocycles. The Morgan fingerprint density at radius 1 is 1.22 bits per heavy atom. The van der Waals surface area contributed by atoms with E-state index in [0.717, 1.165) is 23.3 Å². The van der Waals surface area contributed by atoms with Crippen LogP contribution in [-0.4, -0.2) is 10.1 Å². The molecule has 0 spiro atoms.